The Bertz CT molecular complexity index is 1090. The fourth-order valence-electron chi connectivity index (χ4n) is 3.93. The van der Waals surface area contributed by atoms with E-state index in [1.807, 2.05) is 24.3 Å². The minimum absolute atomic E-state index is 0.0579. The average Bonchev–Trinajstić information content (AvgIpc) is 2.99. The van der Waals surface area contributed by atoms with Crippen molar-refractivity contribution < 1.29 is 13.9 Å². The lowest BCUT2D eigenvalue weighted by molar-refractivity contribution is 0.0750. The molecule has 0 bridgehead atoms. The summed E-state index contributed by atoms with van der Waals surface area (Å²) in [6.45, 7) is 1.19. The Labute approximate surface area is 173 Å². The van der Waals surface area contributed by atoms with E-state index in [4.69, 9.17) is 20.8 Å². The molecule has 3 aromatic rings. The van der Waals surface area contributed by atoms with E-state index in [1.165, 1.54) is 7.11 Å². The van der Waals surface area contributed by atoms with E-state index in [1.54, 1.807) is 29.2 Å². The standard InChI is InChI=1S/C23H22ClNO4/c1-28-20-7-4-6-16-13-19(23(27)29-21(16)20)22(26)25-12-3-2-5-17(14-25)15-8-10-18(24)11-9-15/h4,6-11,13,17H,2-3,5,12,14H2,1H3. The van der Waals surface area contributed by atoms with Gasteiger partial charge in [0.1, 0.15) is 5.56 Å². The summed E-state index contributed by atoms with van der Waals surface area (Å²) in [4.78, 5) is 27.6. The zero-order chi connectivity index (χ0) is 20.4. The summed E-state index contributed by atoms with van der Waals surface area (Å²) in [6, 6.07) is 14.7. The fourth-order valence-corrected chi connectivity index (χ4v) is 4.06. The number of hydrogen-bond acceptors (Lipinski definition) is 4. The second kappa shape index (κ2) is 8.29. The number of nitrogens with zero attached hydrogens (tertiary/aromatic N) is 1. The van der Waals surface area contributed by atoms with E-state index in [9.17, 15) is 9.59 Å². The third-order valence-corrected chi connectivity index (χ3v) is 5.73. The third-order valence-electron chi connectivity index (χ3n) is 5.47. The lowest BCUT2D eigenvalue weighted by Gasteiger charge is -2.24. The number of carbonyl (C=O) groups is 1. The van der Waals surface area contributed by atoms with Gasteiger partial charge in [-0.3, -0.25) is 4.79 Å². The van der Waals surface area contributed by atoms with Crippen molar-refractivity contribution in [2.45, 2.75) is 25.2 Å². The summed E-state index contributed by atoms with van der Waals surface area (Å²) >= 11 is 6.01. The Kier molecular flexibility index (Phi) is 5.58. The molecule has 0 N–H and O–H groups in total. The SMILES string of the molecule is COc1cccc2cc(C(=O)N3CCCCC(c4ccc(Cl)cc4)C3)c(=O)oc12. The Morgan fingerprint density at radius 1 is 1.17 bits per heavy atom. The van der Waals surface area contributed by atoms with Gasteiger partial charge < -0.3 is 14.1 Å². The summed E-state index contributed by atoms with van der Waals surface area (Å²) in [5, 5.41) is 1.36. The summed E-state index contributed by atoms with van der Waals surface area (Å²) in [6.07, 6.45) is 2.93. The molecule has 1 aliphatic rings. The van der Waals surface area contributed by atoms with Crippen LogP contribution in [0.4, 0.5) is 0 Å². The second-order valence-electron chi connectivity index (χ2n) is 7.32. The molecule has 0 radical (unpaired) electrons. The van der Waals surface area contributed by atoms with Gasteiger partial charge in [-0.15, -0.1) is 0 Å². The van der Waals surface area contributed by atoms with Gasteiger partial charge in [0.25, 0.3) is 5.91 Å². The van der Waals surface area contributed by atoms with Crippen LogP contribution < -0.4 is 10.4 Å². The molecule has 0 saturated carbocycles. The molecular formula is C23H22ClNO4. The zero-order valence-electron chi connectivity index (χ0n) is 16.2. The number of methoxy groups -OCH3 is 1. The molecule has 4 rings (SSSR count). The Hall–Kier alpha value is -2.79. The quantitative estimate of drug-likeness (QED) is 0.577. The molecule has 6 heteroatoms. The molecule has 29 heavy (non-hydrogen) atoms. The number of likely N-dealkylation sites (tertiary alicyclic amines) is 1. The van der Waals surface area contributed by atoms with Crippen molar-refractivity contribution in [1.29, 1.82) is 0 Å². The summed E-state index contributed by atoms with van der Waals surface area (Å²) in [5.74, 6) is 0.395. The van der Waals surface area contributed by atoms with Crippen molar-refractivity contribution in [3.05, 3.63) is 75.1 Å². The molecule has 1 atom stereocenters. The van der Waals surface area contributed by atoms with Crippen LogP contribution in [0.15, 0.2) is 57.7 Å². The normalized spacial score (nSPS) is 17.2. The average molecular weight is 412 g/mol. The fraction of sp³-hybridized carbons (Fsp3) is 0.304. The number of para-hydroxylation sites is 1. The summed E-state index contributed by atoms with van der Waals surface area (Å²) < 4.78 is 10.7. The second-order valence-corrected chi connectivity index (χ2v) is 7.76. The van der Waals surface area contributed by atoms with Crippen LogP contribution >= 0.6 is 11.6 Å². The molecule has 0 aliphatic carbocycles. The highest BCUT2D eigenvalue weighted by atomic mass is 35.5. The molecule has 1 aromatic heterocycles. The van der Waals surface area contributed by atoms with Crippen molar-refractivity contribution in [2.24, 2.45) is 0 Å². The van der Waals surface area contributed by atoms with Crippen LogP contribution in [0.3, 0.4) is 0 Å². The van der Waals surface area contributed by atoms with Crippen molar-refractivity contribution in [1.82, 2.24) is 4.90 Å². The minimum Gasteiger partial charge on any atom is -0.493 e. The maximum absolute atomic E-state index is 13.2. The van der Waals surface area contributed by atoms with Gasteiger partial charge in [0, 0.05) is 29.4 Å². The van der Waals surface area contributed by atoms with Gasteiger partial charge in [-0.2, -0.15) is 0 Å². The number of halogens is 1. The Balaban J connectivity index is 1.65. The van der Waals surface area contributed by atoms with Crippen LogP contribution in [-0.4, -0.2) is 31.0 Å². The molecular weight excluding hydrogens is 390 g/mol. The van der Waals surface area contributed by atoms with Crippen LogP contribution in [0, 0.1) is 0 Å². The third kappa shape index (κ3) is 4.01. The highest BCUT2D eigenvalue weighted by molar-refractivity contribution is 6.30. The van der Waals surface area contributed by atoms with Crippen molar-refractivity contribution in [2.75, 3.05) is 20.2 Å². The van der Waals surface area contributed by atoms with Crippen LogP contribution in [0.2, 0.25) is 5.02 Å². The molecule has 5 nitrogen and oxygen atoms in total. The van der Waals surface area contributed by atoms with Crippen LogP contribution in [0.25, 0.3) is 11.0 Å². The van der Waals surface area contributed by atoms with Crippen molar-refractivity contribution >= 4 is 28.5 Å². The first-order valence-corrected chi connectivity index (χ1v) is 10.1. The van der Waals surface area contributed by atoms with Gasteiger partial charge in [0.15, 0.2) is 11.3 Å². The van der Waals surface area contributed by atoms with E-state index in [0.717, 1.165) is 24.8 Å². The lowest BCUT2D eigenvalue weighted by atomic mass is 9.94. The molecule has 0 spiro atoms. The van der Waals surface area contributed by atoms with E-state index in [0.29, 0.717) is 34.8 Å². The molecule has 150 valence electrons. The lowest BCUT2D eigenvalue weighted by Crippen LogP contribution is -2.36. The highest BCUT2D eigenvalue weighted by Gasteiger charge is 2.26. The maximum Gasteiger partial charge on any atom is 0.349 e. The predicted octanol–water partition coefficient (Wildman–Crippen LogP) is 4.86. The van der Waals surface area contributed by atoms with E-state index >= 15 is 0 Å². The number of ether oxygens (including phenoxy) is 1. The topological polar surface area (TPSA) is 59.8 Å². The van der Waals surface area contributed by atoms with Crippen LogP contribution in [0.1, 0.15) is 41.1 Å². The largest absolute Gasteiger partial charge is 0.493 e. The van der Waals surface area contributed by atoms with Gasteiger partial charge >= 0.3 is 5.63 Å². The summed E-state index contributed by atoms with van der Waals surface area (Å²) in [7, 11) is 1.52. The molecule has 1 unspecified atom stereocenters. The highest BCUT2D eigenvalue weighted by Crippen LogP contribution is 2.29. The molecule has 2 aromatic carbocycles. The van der Waals surface area contributed by atoms with Crippen LogP contribution in [-0.2, 0) is 0 Å². The monoisotopic (exact) mass is 411 g/mol. The van der Waals surface area contributed by atoms with E-state index < -0.39 is 5.63 Å². The molecule has 2 heterocycles. The number of carbonyl (C=O) groups excluding carboxylic acids is 1. The first-order chi connectivity index (χ1) is 14.1. The number of benzene rings is 2. The Morgan fingerprint density at radius 3 is 2.72 bits per heavy atom. The van der Waals surface area contributed by atoms with Crippen molar-refractivity contribution in [3.63, 3.8) is 0 Å². The number of rotatable bonds is 3. The number of fused-ring (bicyclic) bond motifs is 1. The molecule has 1 aliphatic heterocycles. The van der Waals surface area contributed by atoms with Gasteiger partial charge in [-0.05, 0) is 42.7 Å². The maximum atomic E-state index is 13.2. The van der Waals surface area contributed by atoms with Gasteiger partial charge in [-0.25, -0.2) is 4.79 Å². The summed E-state index contributed by atoms with van der Waals surface area (Å²) in [5.41, 5.74) is 0.928. The van der Waals surface area contributed by atoms with Gasteiger partial charge in [0.05, 0.1) is 7.11 Å². The van der Waals surface area contributed by atoms with E-state index in [-0.39, 0.29) is 17.4 Å². The minimum atomic E-state index is -0.640. The van der Waals surface area contributed by atoms with Crippen LogP contribution in [0.5, 0.6) is 5.75 Å². The first kappa shape index (κ1) is 19.5. The Morgan fingerprint density at radius 2 is 1.97 bits per heavy atom. The molecule has 1 saturated heterocycles. The predicted molar refractivity (Wildman–Crippen MR) is 113 cm³/mol. The van der Waals surface area contributed by atoms with E-state index in [2.05, 4.69) is 0 Å². The van der Waals surface area contributed by atoms with Gasteiger partial charge in [-0.1, -0.05) is 42.3 Å². The molecule has 1 fully saturated rings. The first-order valence-electron chi connectivity index (χ1n) is 9.72. The number of hydrogen-bond donors (Lipinski definition) is 0. The zero-order valence-corrected chi connectivity index (χ0v) is 16.9. The smallest absolute Gasteiger partial charge is 0.349 e. The van der Waals surface area contributed by atoms with Crippen molar-refractivity contribution in [3.8, 4) is 5.75 Å². The number of amides is 1. The molecule has 1 amide bonds. The van der Waals surface area contributed by atoms with Gasteiger partial charge in [0.2, 0.25) is 0 Å².